The topological polar surface area (TPSA) is 43.8 Å². The van der Waals surface area contributed by atoms with Crippen LogP contribution in [0.15, 0.2) is 15.9 Å². The number of hydrogen-bond acceptors (Lipinski definition) is 3. The lowest BCUT2D eigenvalue weighted by Gasteiger charge is -2.02. The first-order valence-electron chi connectivity index (χ1n) is 4.60. The first kappa shape index (κ1) is 10.9. The molecule has 2 aromatic heterocycles. The molecule has 0 saturated heterocycles. The van der Waals surface area contributed by atoms with Crippen molar-refractivity contribution >= 4 is 27.3 Å². The van der Waals surface area contributed by atoms with Crippen molar-refractivity contribution < 1.29 is 0 Å². The number of imidazole rings is 1. The molecule has 2 aromatic rings. The quantitative estimate of drug-likeness (QED) is 0.922. The predicted octanol–water partition coefficient (Wildman–Crippen LogP) is 2.68. The van der Waals surface area contributed by atoms with E-state index in [9.17, 15) is 0 Å². The van der Waals surface area contributed by atoms with Gasteiger partial charge in [-0.2, -0.15) is 0 Å². The number of hydrogen-bond donors (Lipinski definition) is 1. The van der Waals surface area contributed by atoms with Gasteiger partial charge in [0.25, 0.3) is 0 Å². The van der Waals surface area contributed by atoms with E-state index in [0.717, 1.165) is 21.7 Å². The van der Waals surface area contributed by atoms with Crippen LogP contribution in [0.5, 0.6) is 0 Å². The fourth-order valence-electron chi connectivity index (χ4n) is 1.57. The molecule has 0 aliphatic carbocycles. The maximum absolute atomic E-state index is 5.69. The normalized spacial score (nSPS) is 10.9. The van der Waals surface area contributed by atoms with E-state index in [-0.39, 0.29) is 0 Å². The lowest BCUT2D eigenvalue weighted by molar-refractivity contribution is 0.866. The molecule has 3 nitrogen and oxygen atoms in total. The van der Waals surface area contributed by atoms with Crippen LogP contribution < -0.4 is 5.73 Å². The highest BCUT2D eigenvalue weighted by molar-refractivity contribution is 9.10. The van der Waals surface area contributed by atoms with E-state index in [2.05, 4.69) is 36.9 Å². The Morgan fingerprint density at radius 3 is 2.87 bits per heavy atom. The zero-order chi connectivity index (χ0) is 11.0. The number of thiophene rings is 1. The van der Waals surface area contributed by atoms with Gasteiger partial charge in [-0.25, -0.2) is 4.98 Å². The molecule has 0 unspecified atom stereocenters. The molecule has 80 valence electrons. The molecule has 2 rings (SSSR count). The molecule has 0 aliphatic rings. The van der Waals surface area contributed by atoms with E-state index in [1.165, 1.54) is 4.88 Å². The molecule has 15 heavy (non-hydrogen) atoms. The predicted molar refractivity (Wildman–Crippen MR) is 66.8 cm³/mol. The van der Waals surface area contributed by atoms with Crippen molar-refractivity contribution in [2.75, 3.05) is 0 Å². The van der Waals surface area contributed by atoms with Gasteiger partial charge in [-0.15, -0.1) is 11.3 Å². The molecule has 2 heterocycles. The molecule has 2 N–H and O–H groups in total. The summed E-state index contributed by atoms with van der Waals surface area (Å²) in [6, 6.07) is 2.10. The minimum absolute atomic E-state index is 0.479. The number of aryl methyl sites for hydroxylation is 1. The summed E-state index contributed by atoms with van der Waals surface area (Å²) in [4.78, 5) is 5.64. The molecule has 0 bridgehead atoms. The minimum atomic E-state index is 0.479. The number of nitrogens with zero attached hydrogens (tertiary/aromatic N) is 2. The maximum atomic E-state index is 5.69. The highest BCUT2D eigenvalue weighted by atomic mass is 79.9. The van der Waals surface area contributed by atoms with Crippen LogP contribution in [0.25, 0.3) is 10.6 Å². The molecule has 0 radical (unpaired) electrons. The lowest BCUT2D eigenvalue weighted by Crippen LogP contribution is -1.99. The third-order valence-electron chi connectivity index (χ3n) is 2.39. The fourth-order valence-corrected chi connectivity index (χ4v) is 3.10. The summed E-state index contributed by atoms with van der Waals surface area (Å²) in [5.74, 6) is 0.995. The van der Waals surface area contributed by atoms with Crippen LogP contribution in [0, 0.1) is 6.92 Å². The number of nitrogens with two attached hydrogens (primary N) is 1. The summed E-state index contributed by atoms with van der Waals surface area (Å²) in [6.07, 6.45) is 0. The third-order valence-corrected chi connectivity index (χ3v) is 4.08. The Morgan fingerprint density at radius 1 is 1.60 bits per heavy atom. The summed E-state index contributed by atoms with van der Waals surface area (Å²) in [5.41, 5.74) is 7.79. The van der Waals surface area contributed by atoms with Crippen molar-refractivity contribution in [1.29, 1.82) is 0 Å². The Bertz CT molecular complexity index is 487. The summed E-state index contributed by atoms with van der Waals surface area (Å²) in [6.45, 7) is 2.47. The zero-order valence-electron chi connectivity index (χ0n) is 8.62. The van der Waals surface area contributed by atoms with Gasteiger partial charge in [0.1, 0.15) is 5.82 Å². The summed E-state index contributed by atoms with van der Waals surface area (Å²) in [5, 5.41) is 2.07. The average molecular weight is 286 g/mol. The van der Waals surface area contributed by atoms with E-state index in [4.69, 9.17) is 5.73 Å². The van der Waals surface area contributed by atoms with Crippen LogP contribution in [0.2, 0.25) is 0 Å². The second-order valence-electron chi connectivity index (χ2n) is 3.35. The van der Waals surface area contributed by atoms with Gasteiger partial charge in [-0.3, -0.25) is 0 Å². The van der Waals surface area contributed by atoms with E-state index in [1.54, 1.807) is 11.3 Å². The average Bonchev–Trinajstić information content (AvgIpc) is 2.73. The lowest BCUT2D eigenvalue weighted by atomic mass is 10.3. The summed E-state index contributed by atoms with van der Waals surface area (Å²) >= 11 is 5.15. The van der Waals surface area contributed by atoms with Gasteiger partial charge in [0.05, 0.1) is 16.3 Å². The van der Waals surface area contributed by atoms with Gasteiger partial charge in [0, 0.05) is 23.4 Å². The molecule has 0 atom stereocenters. The molecule has 0 aliphatic heterocycles. The van der Waals surface area contributed by atoms with Crippen molar-refractivity contribution in [3.63, 3.8) is 0 Å². The zero-order valence-corrected chi connectivity index (χ0v) is 11.0. The molecule has 0 amide bonds. The van der Waals surface area contributed by atoms with Gasteiger partial charge in [-0.05, 0) is 28.9 Å². The fraction of sp³-hybridized carbons (Fsp3) is 0.300. The molecule has 0 saturated carbocycles. The second-order valence-corrected chi connectivity index (χ2v) is 5.17. The maximum Gasteiger partial charge on any atom is 0.106 e. The molecular formula is C10H12BrN3S. The van der Waals surface area contributed by atoms with Gasteiger partial charge in [0.2, 0.25) is 0 Å². The van der Waals surface area contributed by atoms with Crippen LogP contribution in [0.4, 0.5) is 0 Å². The molecule has 0 spiro atoms. The Morgan fingerprint density at radius 2 is 2.33 bits per heavy atom. The Kier molecular flexibility index (Phi) is 2.95. The molecular weight excluding hydrogens is 274 g/mol. The highest BCUT2D eigenvalue weighted by Gasteiger charge is 2.14. The molecule has 0 aromatic carbocycles. The van der Waals surface area contributed by atoms with Gasteiger partial charge < -0.3 is 10.3 Å². The molecule has 5 heteroatoms. The van der Waals surface area contributed by atoms with Crippen LogP contribution in [-0.4, -0.2) is 9.55 Å². The van der Waals surface area contributed by atoms with Crippen molar-refractivity contribution in [2.24, 2.45) is 12.8 Å². The van der Waals surface area contributed by atoms with Crippen LogP contribution in [-0.2, 0) is 13.6 Å². The number of aromatic nitrogens is 2. The first-order valence-corrected chi connectivity index (χ1v) is 6.27. The number of halogens is 1. The van der Waals surface area contributed by atoms with Crippen LogP contribution >= 0.6 is 27.3 Å². The molecule has 0 fully saturated rings. The minimum Gasteiger partial charge on any atom is -0.330 e. The van der Waals surface area contributed by atoms with Crippen molar-refractivity contribution in [1.82, 2.24) is 9.55 Å². The van der Waals surface area contributed by atoms with E-state index in [0.29, 0.717) is 6.54 Å². The van der Waals surface area contributed by atoms with E-state index in [1.807, 2.05) is 14.0 Å². The summed E-state index contributed by atoms with van der Waals surface area (Å²) < 4.78 is 3.19. The Balaban J connectivity index is 2.60. The third kappa shape index (κ3) is 1.87. The van der Waals surface area contributed by atoms with Crippen LogP contribution in [0.3, 0.4) is 0 Å². The monoisotopic (exact) mass is 285 g/mol. The second kappa shape index (κ2) is 4.08. The van der Waals surface area contributed by atoms with E-state index < -0.39 is 0 Å². The Hall–Kier alpha value is -0.650. The Labute approximate surface area is 101 Å². The SMILES string of the molecule is Cc1nc(CN)c(-c2cc(Br)cs2)n1C. The van der Waals surface area contributed by atoms with Gasteiger partial charge in [0.15, 0.2) is 0 Å². The van der Waals surface area contributed by atoms with Crippen LogP contribution in [0.1, 0.15) is 11.5 Å². The first-order chi connectivity index (χ1) is 7.13. The smallest absolute Gasteiger partial charge is 0.106 e. The standard InChI is InChI=1S/C10H12BrN3S/c1-6-13-8(4-12)10(14(6)2)9-3-7(11)5-15-9/h3,5H,4,12H2,1-2H3. The largest absolute Gasteiger partial charge is 0.330 e. The van der Waals surface area contributed by atoms with Gasteiger partial charge in [-0.1, -0.05) is 0 Å². The highest BCUT2D eigenvalue weighted by Crippen LogP contribution is 2.32. The van der Waals surface area contributed by atoms with E-state index >= 15 is 0 Å². The van der Waals surface area contributed by atoms with Crippen molar-refractivity contribution in [2.45, 2.75) is 13.5 Å². The summed E-state index contributed by atoms with van der Waals surface area (Å²) in [7, 11) is 2.02. The van der Waals surface area contributed by atoms with Gasteiger partial charge >= 0.3 is 0 Å². The van der Waals surface area contributed by atoms with Crippen molar-refractivity contribution in [3.05, 3.63) is 27.4 Å². The van der Waals surface area contributed by atoms with Crippen molar-refractivity contribution in [3.8, 4) is 10.6 Å². The number of rotatable bonds is 2.